The van der Waals surface area contributed by atoms with E-state index in [2.05, 4.69) is 10.1 Å². The summed E-state index contributed by atoms with van der Waals surface area (Å²) in [6.45, 7) is 0. The summed E-state index contributed by atoms with van der Waals surface area (Å²) < 4.78 is 41.6. The van der Waals surface area contributed by atoms with Gasteiger partial charge in [0.1, 0.15) is 17.3 Å². The van der Waals surface area contributed by atoms with Crippen molar-refractivity contribution in [1.29, 1.82) is 0 Å². The molecule has 0 aliphatic rings. The molecule has 144 valence electrons. The van der Waals surface area contributed by atoms with Crippen molar-refractivity contribution >= 4 is 40.3 Å². The van der Waals surface area contributed by atoms with Crippen molar-refractivity contribution in [3.8, 4) is 11.3 Å². The van der Waals surface area contributed by atoms with Gasteiger partial charge in [-0.25, -0.2) is 23.6 Å². The molecule has 0 aliphatic heterocycles. The third kappa shape index (κ3) is 4.00. The summed E-state index contributed by atoms with van der Waals surface area (Å²) in [6, 6.07) is 7.17. The molecule has 0 unspecified atom stereocenters. The molecule has 5 nitrogen and oxygen atoms in total. The molecule has 28 heavy (non-hydrogen) atoms. The van der Waals surface area contributed by atoms with Gasteiger partial charge in [-0.2, -0.15) is 9.49 Å². The highest BCUT2D eigenvalue weighted by molar-refractivity contribution is 7.14. The van der Waals surface area contributed by atoms with E-state index >= 15 is 0 Å². The average Bonchev–Trinajstić information content (AvgIpc) is 3.02. The Hall–Kier alpha value is -2.91. The number of carboxylic acid groups (broad SMARTS) is 1. The van der Waals surface area contributed by atoms with E-state index in [-0.39, 0.29) is 32.5 Å². The van der Waals surface area contributed by atoms with Gasteiger partial charge in [0.25, 0.3) is 0 Å². The summed E-state index contributed by atoms with van der Waals surface area (Å²) in [5.41, 5.74) is -0.539. The van der Waals surface area contributed by atoms with Crippen molar-refractivity contribution in [2.75, 3.05) is 12.1 Å². The second kappa shape index (κ2) is 7.99. The number of hydrogen-bond donors (Lipinski definition) is 1. The summed E-state index contributed by atoms with van der Waals surface area (Å²) in [5.74, 6) is -2.73. The Labute approximate surface area is 166 Å². The van der Waals surface area contributed by atoms with Crippen molar-refractivity contribution in [3.63, 3.8) is 0 Å². The Bertz CT molecular complexity index is 1070. The number of hydrogen-bond acceptors (Lipinski definition) is 5. The number of benzene rings is 2. The van der Waals surface area contributed by atoms with Crippen molar-refractivity contribution < 1.29 is 23.1 Å². The zero-order chi connectivity index (χ0) is 20.4. The minimum atomic E-state index is -1.32. The third-order valence-electron chi connectivity index (χ3n) is 3.67. The predicted octanol–water partition coefficient (Wildman–Crippen LogP) is 5.05. The summed E-state index contributed by atoms with van der Waals surface area (Å²) in [7, 11) is 1.45. The molecule has 0 saturated heterocycles. The van der Waals surface area contributed by atoms with E-state index in [4.69, 9.17) is 16.7 Å². The van der Waals surface area contributed by atoms with E-state index in [0.29, 0.717) is 11.3 Å². The number of rotatable bonds is 5. The first-order valence-electron chi connectivity index (χ1n) is 7.69. The van der Waals surface area contributed by atoms with Crippen molar-refractivity contribution in [2.45, 2.75) is 0 Å². The molecule has 0 bridgehead atoms. The maximum Gasteiger partial charge on any atom is 0.336 e. The maximum absolute atomic E-state index is 14.3. The molecule has 3 aromatic rings. The molecule has 0 atom stereocenters. The van der Waals surface area contributed by atoms with Crippen molar-refractivity contribution in [3.05, 3.63) is 69.3 Å². The van der Waals surface area contributed by atoms with Crippen LogP contribution in [0.5, 0.6) is 0 Å². The first-order chi connectivity index (χ1) is 13.3. The fraction of sp³-hybridized carbons (Fsp3) is 0.0556. The van der Waals surface area contributed by atoms with Gasteiger partial charge >= 0.3 is 5.97 Å². The predicted molar refractivity (Wildman–Crippen MR) is 102 cm³/mol. The third-order valence-corrected chi connectivity index (χ3v) is 4.89. The molecule has 1 heterocycles. The molecule has 10 heteroatoms. The van der Waals surface area contributed by atoms with E-state index < -0.39 is 22.7 Å². The summed E-state index contributed by atoms with van der Waals surface area (Å²) >= 11 is 6.57. The van der Waals surface area contributed by atoms with Gasteiger partial charge in [0, 0.05) is 12.6 Å². The minimum absolute atomic E-state index is 0.0133. The van der Waals surface area contributed by atoms with Gasteiger partial charge in [-0.05, 0) is 30.3 Å². The Kier molecular flexibility index (Phi) is 5.66. The van der Waals surface area contributed by atoms with Crippen LogP contribution < -0.4 is 5.01 Å². The lowest BCUT2D eigenvalue weighted by Gasteiger charge is -2.08. The molecule has 0 fully saturated rings. The zero-order valence-electron chi connectivity index (χ0n) is 14.2. The van der Waals surface area contributed by atoms with Crippen LogP contribution in [0.25, 0.3) is 11.3 Å². The molecule has 3 rings (SSSR count). The SMILES string of the molecule is CN(/N=C/c1ccc(F)cc1C(=O)O)c1nc(-c2c(F)cccc2Cl)c(F)s1. The van der Waals surface area contributed by atoms with Crippen LogP contribution in [0.3, 0.4) is 0 Å². The lowest BCUT2D eigenvalue weighted by atomic mass is 10.1. The van der Waals surface area contributed by atoms with Gasteiger partial charge in [-0.1, -0.05) is 29.0 Å². The van der Waals surface area contributed by atoms with Crippen LogP contribution in [0.2, 0.25) is 5.02 Å². The van der Waals surface area contributed by atoms with Gasteiger partial charge in [0.2, 0.25) is 10.3 Å². The van der Waals surface area contributed by atoms with Crippen LogP contribution in [0, 0.1) is 16.8 Å². The van der Waals surface area contributed by atoms with Gasteiger partial charge in [0.05, 0.1) is 22.4 Å². The van der Waals surface area contributed by atoms with E-state index in [1.807, 2.05) is 0 Å². The number of nitrogens with zero attached hydrogens (tertiary/aromatic N) is 3. The first-order valence-corrected chi connectivity index (χ1v) is 8.88. The smallest absolute Gasteiger partial charge is 0.336 e. The number of carboxylic acids is 1. The first kappa shape index (κ1) is 19.8. The molecule has 0 aliphatic carbocycles. The molecule has 0 spiro atoms. The fourth-order valence-electron chi connectivity index (χ4n) is 2.33. The highest BCUT2D eigenvalue weighted by Gasteiger charge is 2.20. The second-order valence-corrected chi connectivity index (χ2v) is 6.86. The number of aromatic carboxylic acids is 1. The molecular weight excluding hydrogens is 415 g/mol. The monoisotopic (exact) mass is 425 g/mol. The molecule has 1 N–H and O–H groups in total. The summed E-state index contributed by atoms with van der Waals surface area (Å²) in [4.78, 5) is 15.2. The van der Waals surface area contributed by atoms with Crippen LogP contribution in [0.15, 0.2) is 41.5 Å². The van der Waals surface area contributed by atoms with Crippen molar-refractivity contribution in [2.24, 2.45) is 5.10 Å². The number of thiazole rings is 1. The van der Waals surface area contributed by atoms with Gasteiger partial charge in [-0.3, -0.25) is 0 Å². The highest BCUT2D eigenvalue weighted by Crippen LogP contribution is 2.36. The van der Waals surface area contributed by atoms with E-state index in [9.17, 15) is 18.0 Å². The quantitative estimate of drug-likeness (QED) is 0.459. The summed E-state index contributed by atoms with van der Waals surface area (Å²) in [5, 5.41) is 13.7. The fourth-order valence-corrected chi connectivity index (χ4v) is 3.31. The van der Waals surface area contributed by atoms with Crippen LogP contribution in [-0.2, 0) is 0 Å². The zero-order valence-corrected chi connectivity index (χ0v) is 15.7. The van der Waals surface area contributed by atoms with E-state index in [1.54, 1.807) is 0 Å². The van der Waals surface area contributed by atoms with Crippen LogP contribution >= 0.6 is 22.9 Å². The van der Waals surface area contributed by atoms with Gasteiger partial charge < -0.3 is 5.11 Å². The Morgan fingerprint density at radius 2 is 2.04 bits per heavy atom. The van der Waals surface area contributed by atoms with E-state index in [1.165, 1.54) is 36.5 Å². The molecule has 0 radical (unpaired) electrons. The minimum Gasteiger partial charge on any atom is -0.478 e. The largest absolute Gasteiger partial charge is 0.478 e. The van der Waals surface area contributed by atoms with Gasteiger partial charge in [0.15, 0.2) is 0 Å². The molecule has 2 aromatic carbocycles. The van der Waals surface area contributed by atoms with Crippen LogP contribution in [0.4, 0.5) is 18.3 Å². The molecule has 0 amide bonds. The van der Waals surface area contributed by atoms with Crippen molar-refractivity contribution in [1.82, 2.24) is 4.98 Å². The highest BCUT2D eigenvalue weighted by atomic mass is 35.5. The van der Waals surface area contributed by atoms with Crippen LogP contribution in [0.1, 0.15) is 15.9 Å². The normalized spacial score (nSPS) is 11.2. The Balaban J connectivity index is 1.92. The number of anilines is 1. The van der Waals surface area contributed by atoms with E-state index in [0.717, 1.165) is 18.2 Å². The second-order valence-electron chi connectivity index (χ2n) is 5.52. The number of aromatic nitrogens is 1. The van der Waals surface area contributed by atoms with Crippen LogP contribution in [-0.4, -0.2) is 29.3 Å². The lowest BCUT2D eigenvalue weighted by Crippen LogP contribution is -2.10. The molecular formula is C18H11ClF3N3O2S. The average molecular weight is 426 g/mol. The lowest BCUT2D eigenvalue weighted by molar-refractivity contribution is 0.0696. The molecule has 0 saturated carbocycles. The summed E-state index contributed by atoms with van der Waals surface area (Å²) in [6.07, 6.45) is 1.18. The number of hydrazone groups is 1. The Morgan fingerprint density at radius 1 is 1.29 bits per heavy atom. The topological polar surface area (TPSA) is 65.8 Å². The Morgan fingerprint density at radius 3 is 2.71 bits per heavy atom. The standard InChI is InChI=1S/C18H11ClF3N3O2S/c1-25(23-8-9-5-6-10(20)7-11(9)17(26)27)18-24-15(16(22)28-18)14-12(19)3-2-4-13(14)21/h2-8H,1H3,(H,26,27)/b23-8+. The number of carbonyl (C=O) groups is 1. The number of halogens is 4. The molecule has 1 aromatic heterocycles. The maximum atomic E-state index is 14.3. The van der Waals surface area contributed by atoms with Gasteiger partial charge in [-0.15, -0.1) is 0 Å².